The summed E-state index contributed by atoms with van der Waals surface area (Å²) in [6.07, 6.45) is 3.20. The van der Waals surface area contributed by atoms with Gasteiger partial charge in [-0.15, -0.1) is 0 Å². The molecule has 0 aliphatic heterocycles. The number of pyridine rings is 1. The zero-order chi connectivity index (χ0) is 11.5. The van der Waals surface area contributed by atoms with Crippen molar-refractivity contribution in [2.45, 2.75) is 32.4 Å². The van der Waals surface area contributed by atoms with Gasteiger partial charge in [0.25, 0.3) is 0 Å². The van der Waals surface area contributed by atoms with Gasteiger partial charge in [0, 0.05) is 24.0 Å². The van der Waals surface area contributed by atoms with Gasteiger partial charge in [-0.2, -0.15) is 0 Å². The molecule has 0 amide bonds. The molecular weight excluding hydrogens is 192 g/mol. The molecule has 4 heteroatoms. The lowest BCUT2D eigenvalue weighted by atomic mass is 9.93. The number of aliphatic carboxylic acids is 1. The Morgan fingerprint density at radius 2 is 2.27 bits per heavy atom. The van der Waals surface area contributed by atoms with Crippen LogP contribution in [-0.2, 0) is 10.3 Å². The van der Waals surface area contributed by atoms with Gasteiger partial charge in [0.2, 0.25) is 0 Å². The van der Waals surface area contributed by atoms with Crippen LogP contribution in [0.2, 0.25) is 0 Å². The predicted molar refractivity (Wildman–Crippen MR) is 57.5 cm³/mol. The quantitative estimate of drug-likeness (QED) is 0.784. The largest absolute Gasteiger partial charge is 0.480 e. The van der Waals surface area contributed by atoms with Crippen molar-refractivity contribution in [2.24, 2.45) is 0 Å². The highest BCUT2D eigenvalue weighted by atomic mass is 16.4. The Hall–Kier alpha value is -1.42. The molecule has 0 fully saturated rings. The molecule has 0 aromatic carbocycles. The van der Waals surface area contributed by atoms with Crippen LogP contribution in [0.3, 0.4) is 0 Å². The number of nitrogens with one attached hydrogen (secondary N) is 1. The Morgan fingerprint density at radius 3 is 2.67 bits per heavy atom. The highest BCUT2D eigenvalue weighted by Gasteiger charge is 2.35. The van der Waals surface area contributed by atoms with Crippen LogP contribution in [-0.4, -0.2) is 22.1 Å². The lowest BCUT2D eigenvalue weighted by molar-refractivity contribution is -0.144. The number of carbonyl (C=O) groups is 1. The smallest absolute Gasteiger partial charge is 0.328 e. The van der Waals surface area contributed by atoms with Crippen LogP contribution in [0, 0.1) is 0 Å². The maximum atomic E-state index is 11.3. The van der Waals surface area contributed by atoms with E-state index in [1.807, 2.05) is 13.8 Å². The second-order valence-electron chi connectivity index (χ2n) is 3.97. The Bertz CT molecular complexity index is 338. The first-order valence-electron chi connectivity index (χ1n) is 4.88. The van der Waals surface area contributed by atoms with Crippen LogP contribution >= 0.6 is 0 Å². The molecule has 0 saturated carbocycles. The fraction of sp³-hybridized carbons (Fsp3) is 0.455. The van der Waals surface area contributed by atoms with E-state index in [1.54, 1.807) is 31.5 Å². The minimum atomic E-state index is -1.08. The van der Waals surface area contributed by atoms with Gasteiger partial charge in [-0.25, -0.2) is 4.79 Å². The molecule has 1 aromatic heterocycles. The van der Waals surface area contributed by atoms with Gasteiger partial charge >= 0.3 is 5.97 Å². The average Bonchev–Trinajstić information content (AvgIpc) is 2.17. The van der Waals surface area contributed by atoms with Crippen molar-refractivity contribution in [3.05, 3.63) is 30.1 Å². The molecule has 0 aliphatic rings. The van der Waals surface area contributed by atoms with Gasteiger partial charge in [0.05, 0.1) is 0 Å². The zero-order valence-corrected chi connectivity index (χ0v) is 9.19. The van der Waals surface area contributed by atoms with Gasteiger partial charge in [0.1, 0.15) is 5.54 Å². The Morgan fingerprint density at radius 1 is 1.60 bits per heavy atom. The third-order valence-corrected chi connectivity index (χ3v) is 2.24. The van der Waals surface area contributed by atoms with Crippen molar-refractivity contribution in [3.63, 3.8) is 0 Å². The second-order valence-corrected chi connectivity index (χ2v) is 3.97. The van der Waals surface area contributed by atoms with E-state index in [0.29, 0.717) is 5.56 Å². The third kappa shape index (κ3) is 2.53. The molecule has 0 aliphatic carbocycles. The molecule has 0 radical (unpaired) electrons. The van der Waals surface area contributed by atoms with E-state index >= 15 is 0 Å². The topological polar surface area (TPSA) is 62.2 Å². The Balaban J connectivity index is 3.07. The van der Waals surface area contributed by atoms with Crippen molar-refractivity contribution in [1.29, 1.82) is 0 Å². The van der Waals surface area contributed by atoms with Crippen molar-refractivity contribution < 1.29 is 9.90 Å². The lowest BCUT2D eigenvalue weighted by Crippen LogP contribution is -2.49. The standard InChI is InChI=1S/C11H16N2O2/c1-8(2)13-11(3,10(14)15)9-5-4-6-12-7-9/h4-8,13H,1-3H3,(H,14,15). The van der Waals surface area contributed by atoms with Gasteiger partial charge in [-0.3, -0.25) is 10.3 Å². The first-order valence-corrected chi connectivity index (χ1v) is 4.88. The van der Waals surface area contributed by atoms with Gasteiger partial charge in [-0.1, -0.05) is 6.07 Å². The molecule has 1 aromatic rings. The van der Waals surface area contributed by atoms with Crippen molar-refractivity contribution >= 4 is 5.97 Å². The van der Waals surface area contributed by atoms with Crippen LogP contribution in [0.4, 0.5) is 0 Å². The van der Waals surface area contributed by atoms with Gasteiger partial charge < -0.3 is 5.11 Å². The summed E-state index contributed by atoms with van der Waals surface area (Å²) in [4.78, 5) is 15.2. The van der Waals surface area contributed by atoms with E-state index in [2.05, 4.69) is 10.3 Å². The first kappa shape index (κ1) is 11.7. The molecule has 0 bridgehead atoms. The fourth-order valence-electron chi connectivity index (χ4n) is 1.50. The summed E-state index contributed by atoms with van der Waals surface area (Å²) >= 11 is 0. The maximum absolute atomic E-state index is 11.3. The number of carboxylic acids is 1. The van der Waals surface area contributed by atoms with E-state index < -0.39 is 11.5 Å². The maximum Gasteiger partial charge on any atom is 0.328 e. The van der Waals surface area contributed by atoms with E-state index in [9.17, 15) is 9.90 Å². The van der Waals surface area contributed by atoms with E-state index in [1.165, 1.54) is 0 Å². The number of nitrogens with zero attached hydrogens (tertiary/aromatic N) is 1. The number of aromatic nitrogens is 1. The molecule has 4 nitrogen and oxygen atoms in total. The molecule has 0 spiro atoms. The summed E-state index contributed by atoms with van der Waals surface area (Å²) in [5, 5.41) is 12.3. The highest BCUT2D eigenvalue weighted by molar-refractivity contribution is 5.80. The number of carboxylic acid groups (broad SMARTS) is 1. The molecule has 1 rings (SSSR count). The summed E-state index contributed by atoms with van der Waals surface area (Å²) in [5.41, 5.74) is -0.422. The van der Waals surface area contributed by atoms with Crippen LogP contribution in [0.1, 0.15) is 26.3 Å². The molecule has 0 saturated heterocycles. The normalized spacial score (nSPS) is 14.9. The van der Waals surface area contributed by atoms with Crippen LogP contribution < -0.4 is 5.32 Å². The molecule has 1 atom stereocenters. The Labute approximate surface area is 89.3 Å². The van der Waals surface area contributed by atoms with Gasteiger partial charge in [0.15, 0.2) is 0 Å². The minimum absolute atomic E-state index is 0.0892. The summed E-state index contributed by atoms with van der Waals surface area (Å²) in [6.45, 7) is 5.47. The SMILES string of the molecule is CC(C)NC(C)(C(=O)O)c1cccnc1. The van der Waals surface area contributed by atoms with Crippen LogP contribution in [0.5, 0.6) is 0 Å². The van der Waals surface area contributed by atoms with E-state index in [-0.39, 0.29) is 6.04 Å². The molecular formula is C11H16N2O2. The molecule has 2 N–H and O–H groups in total. The summed E-state index contributed by atoms with van der Waals surface area (Å²) in [5.74, 6) is -0.899. The van der Waals surface area contributed by atoms with E-state index in [4.69, 9.17) is 0 Å². The Kier molecular flexibility index (Phi) is 3.42. The van der Waals surface area contributed by atoms with Crippen molar-refractivity contribution in [1.82, 2.24) is 10.3 Å². The number of hydrogen-bond donors (Lipinski definition) is 2. The molecule has 15 heavy (non-hydrogen) atoms. The van der Waals surface area contributed by atoms with Crippen molar-refractivity contribution in [2.75, 3.05) is 0 Å². The van der Waals surface area contributed by atoms with E-state index in [0.717, 1.165) is 0 Å². The molecule has 82 valence electrons. The molecule has 1 unspecified atom stereocenters. The summed E-state index contributed by atoms with van der Waals surface area (Å²) < 4.78 is 0. The first-order chi connectivity index (χ1) is 6.97. The number of hydrogen-bond acceptors (Lipinski definition) is 3. The van der Waals surface area contributed by atoms with Crippen LogP contribution in [0.25, 0.3) is 0 Å². The monoisotopic (exact) mass is 208 g/mol. The highest BCUT2D eigenvalue weighted by Crippen LogP contribution is 2.20. The van der Waals surface area contributed by atoms with Crippen molar-refractivity contribution in [3.8, 4) is 0 Å². The number of rotatable bonds is 4. The third-order valence-electron chi connectivity index (χ3n) is 2.24. The average molecular weight is 208 g/mol. The zero-order valence-electron chi connectivity index (χ0n) is 9.19. The predicted octanol–water partition coefficient (Wildman–Crippen LogP) is 1.38. The summed E-state index contributed by atoms with van der Waals surface area (Å²) in [6, 6.07) is 3.58. The lowest BCUT2D eigenvalue weighted by Gasteiger charge is -2.28. The van der Waals surface area contributed by atoms with Crippen LogP contribution in [0.15, 0.2) is 24.5 Å². The minimum Gasteiger partial charge on any atom is -0.480 e. The summed E-state index contributed by atoms with van der Waals surface area (Å²) in [7, 11) is 0. The fourth-order valence-corrected chi connectivity index (χ4v) is 1.50. The van der Waals surface area contributed by atoms with Gasteiger partial charge in [-0.05, 0) is 26.8 Å². The second kappa shape index (κ2) is 4.40. The molecule has 1 heterocycles.